The summed E-state index contributed by atoms with van der Waals surface area (Å²) in [5.74, 6) is 1.11. The van der Waals surface area contributed by atoms with Crippen LogP contribution in [0.2, 0.25) is 0 Å². The predicted octanol–water partition coefficient (Wildman–Crippen LogP) is 2.56. The molecular weight excluding hydrogens is 226 g/mol. The summed E-state index contributed by atoms with van der Waals surface area (Å²) in [7, 11) is 1.67. The molecule has 0 radical (unpaired) electrons. The van der Waals surface area contributed by atoms with Crippen molar-refractivity contribution < 1.29 is 9.53 Å². The third-order valence-corrected chi connectivity index (χ3v) is 3.97. The third kappa shape index (κ3) is 1.70. The van der Waals surface area contributed by atoms with Gasteiger partial charge in [-0.15, -0.1) is 0 Å². The minimum absolute atomic E-state index is 0.0638. The number of rotatable bonds is 2. The molecule has 18 heavy (non-hydrogen) atoms. The van der Waals surface area contributed by atoms with E-state index in [0.29, 0.717) is 6.42 Å². The van der Waals surface area contributed by atoms with Crippen LogP contribution in [0.4, 0.5) is 5.69 Å². The molecule has 3 heteroatoms. The zero-order valence-electron chi connectivity index (χ0n) is 10.6. The fraction of sp³-hybridized carbons (Fsp3) is 0.400. The van der Waals surface area contributed by atoms with E-state index in [9.17, 15) is 4.79 Å². The summed E-state index contributed by atoms with van der Waals surface area (Å²) >= 11 is 0. The second-order valence-corrected chi connectivity index (χ2v) is 5.03. The molecule has 1 aromatic carbocycles. The number of ketones is 1. The van der Waals surface area contributed by atoms with Crippen LogP contribution in [0.3, 0.4) is 0 Å². The van der Waals surface area contributed by atoms with Crippen molar-refractivity contribution in [1.29, 1.82) is 0 Å². The van der Waals surface area contributed by atoms with Gasteiger partial charge in [0.05, 0.1) is 12.6 Å². The van der Waals surface area contributed by atoms with Gasteiger partial charge in [-0.25, -0.2) is 0 Å². The van der Waals surface area contributed by atoms with Gasteiger partial charge in [-0.2, -0.15) is 0 Å². The van der Waals surface area contributed by atoms with E-state index in [0.717, 1.165) is 25.1 Å². The van der Waals surface area contributed by atoms with Crippen LogP contribution in [0.5, 0.6) is 5.75 Å². The second-order valence-electron chi connectivity index (χ2n) is 5.03. The summed E-state index contributed by atoms with van der Waals surface area (Å²) in [6.07, 6.45) is 6.67. The molecule has 2 aliphatic rings. The van der Waals surface area contributed by atoms with Crippen LogP contribution < -0.4 is 9.64 Å². The first kappa shape index (κ1) is 11.3. The molecule has 3 nitrogen and oxygen atoms in total. The zero-order valence-corrected chi connectivity index (χ0v) is 10.6. The van der Waals surface area contributed by atoms with Gasteiger partial charge in [-0.05, 0) is 43.2 Å². The van der Waals surface area contributed by atoms with Crippen molar-refractivity contribution in [3.8, 4) is 5.75 Å². The number of methoxy groups -OCH3 is 1. The van der Waals surface area contributed by atoms with Crippen molar-refractivity contribution in [3.05, 3.63) is 36.4 Å². The molecule has 0 bridgehead atoms. The number of hydrogen-bond acceptors (Lipinski definition) is 3. The van der Waals surface area contributed by atoms with Crippen LogP contribution in [0.15, 0.2) is 36.4 Å². The van der Waals surface area contributed by atoms with E-state index in [4.69, 9.17) is 4.74 Å². The maximum Gasteiger partial charge on any atom is 0.158 e. The number of carbonyl (C=O) groups excluding carboxylic acids is 1. The van der Waals surface area contributed by atoms with Crippen LogP contribution in [-0.2, 0) is 4.79 Å². The summed E-state index contributed by atoms with van der Waals surface area (Å²) in [4.78, 5) is 13.9. The average molecular weight is 243 g/mol. The Bertz CT molecular complexity index is 492. The number of ether oxygens (including phenoxy) is 1. The maximum absolute atomic E-state index is 11.5. The van der Waals surface area contributed by atoms with Gasteiger partial charge in [-0.1, -0.05) is 6.08 Å². The van der Waals surface area contributed by atoms with Gasteiger partial charge >= 0.3 is 0 Å². The molecule has 1 fully saturated rings. The van der Waals surface area contributed by atoms with E-state index in [-0.39, 0.29) is 11.3 Å². The molecule has 1 aliphatic carbocycles. The lowest BCUT2D eigenvalue weighted by Crippen LogP contribution is -2.41. The number of benzene rings is 1. The molecule has 94 valence electrons. The van der Waals surface area contributed by atoms with Gasteiger partial charge in [0.2, 0.25) is 0 Å². The monoisotopic (exact) mass is 243 g/mol. The maximum atomic E-state index is 11.5. The fourth-order valence-electron chi connectivity index (χ4n) is 3.07. The van der Waals surface area contributed by atoms with E-state index in [2.05, 4.69) is 23.1 Å². The van der Waals surface area contributed by atoms with E-state index in [1.807, 2.05) is 12.1 Å². The normalized spacial score (nSPS) is 26.3. The minimum Gasteiger partial charge on any atom is -0.497 e. The Morgan fingerprint density at radius 3 is 2.67 bits per heavy atom. The fourth-order valence-corrected chi connectivity index (χ4v) is 3.07. The van der Waals surface area contributed by atoms with Crippen LogP contribution in [0.1, 0.15) is 19.3 Å². The van der Waals surface area contributed by atoms with Crippen molar-refractivity contribution in [1.82, 2.24) is 0 Å². The van der Waals surface area contributed by atoms with Crippen LogP contribution in [-0.4, -0.2) is 25.0 Å². The first-order valence-corrected chi connectivity index (χ1v) is 6.37. The number of hydrogen-bond donors (Lipinski definition) is 0. The highest BCUT2D eigenvalue weighted by Crippen LogP contribution is 2.40. The average Bonchev–Trinajstić information content (AvgIpc) is 2.97. The molecule has 1 heterocycles. The minimum atomic E-state index is -0.0638. The molecule has 0 amide bonds. The Labute approximate surface area is 107 Å². The first-order chi connectivity index (χ1) is 8.73. The van der Waals surface area contributed by atoms with Crippen LogP contribution in [0, 0.1) is 0 Å². The second kappa shape index (κ2) is 4.16. The Hall–Kier alpha value is -1.77. The highest BCUT2D eigenvalue weighted by molar-refractivity contribution is 5.95. The van der Waals surface area contributed by atoms with E-state index < -0.39 is 0 Å². The topological polar surface area (TPSA) is 29.5 Å². The molecule has 1 saturated heterocycles. The lowest BCUT2D eigenvalue weighted by Gasteiger charge is -2.35. The Balaban J connectivity index is 1.90. The Morgan fingerprint density at radius 1 is 1.28 bits per heavy atom. The van der Waals surface area contributed by atoms with Gasteiger partial charge in [-0.3, -0.25) is 4.79 Å². The van der Waals surface area contributed by atoms with E-state index in [1.165, 1.54) is 5.69 Å². The molecule has 3 rings (SSSR count). The number of allylic oxidation sites excluding steroid dienone is 1. The van der Waals surface area contributed by atoms with Crippen molar-refractivity contribution in [2.75, 3.05) is 18.6 Å². The first-order valence-electron chi connectivity index (χ1n) is 6.37. The zero-order chi connectivity index (χ0) is 12.6. The third-order valence-electron chi connectivity index (χ3n) is 3.97. The molecule has 1 spiro atoms. The summed E-state index contributed by atoms with van der Waals surface area (Å²) in [5.41, 5.74) is 1.11. The smallest absolute Gasteiger partial charge is 0.158 e. The Morgan fingerprint density at radius 2 is 2.06 bits per heavy atom. The lowest BCUT2D eigenvalue weighted by atomic mass is 9.95. The van der Waals surface area contributed by atoms with Gasteiger partial charge < -0.3 is 9.64 Å². The van der Waals surface area contributed by atoms with E-state index in [1.54, 1.807) is 13.2 Å². The number of nitrogens with zero attached hydrogens (tertiary/aromatic N) is 1. The van der Waals surface area contributed by atoms with Crippen LogP contribution >= 0.6 is 0 Å². The van der Waals surface area contributed by atoms with Crippen molar-refractivity contribution >= 4 is 11.5 Å². The van der Waals surface area contributed by atoms with Crippen molar-refractivity contribution in [2.45, 2.75) is 24.8 Å². The molecular formula is C15H17NO2. The van der Waals surface area contributed by atoms with Crippen molar-refractivity contribution in [2.24, 2.45) is 0 Å². The highest BCUT2D eigenvalue weighted by atomic mass is 16.5. The van der Waals surface area contributed by atoms with Crippen molar-refractivity contribution in [3.63, 3.8) is 0 Å². The molecule has 1 unspecified atom stereocenters. The van der Waals surface area contributed by atoms with Crippen LogP contribution in [0.25, 0.3) is 0 Å². The SMILES string of the molecule is COc1ccc(N2CCCC23C=CC(=O)C3)cc1. The summed E-state index contributed by atoms with van der Waals surface area (Å²) in [6.45, 7) is 1.02. The van der Waals surface area contributed by atoms with Gasteiger partial charge in [0.25, 0.3) is 0 Å². The molecule has 0 N–H and O–H groups in total. The van der Waals surface area contributed by atoms with Gasteiger partial charge in [0, 0.05) is 18.7 Å². The number of anilines is 1. The lowest BCUT2D eigenvalue weighted by molar-refractivity contribution is -0.114. The van der Waals surface area contributed by atoms with Gasteiger partial charge in [0.1, 0.15) is 5.75 Å². The standard InChI is InChI=1S/C15H17NO2/c1-18-14-5-3-12(4-6-14)16-10-2-8-15(16)9-7-13(17)11-15/h3-7,9H,2,8,10-11H2,1H3. The van der Waals surface area contributed by atoms with Gasteiger partial charge in [0.15, 0.2) is 5.78 Å². The number of carbonyl (C=O) groups is 1. The summed E-state index contributed by atoms with van der Waals surface area (Å²) < 4.78 is 5.18. The van der Waals surface area contributed by atoms with E-state index >= 15 is 0 Å². The summed E-state index contributed by atoms with van der Waals surface area (Å²) in [6, 6.07) is 8.09. The largest absolute Gasteiger partial charge is 0.497 e. The predicted molar refractivity (Wildman–Crippen MR) is 71.1 cm³/mol. The highest BCUT2D eigenvalue weighted by Gasteiger charge is 2.42. The Kier molecular flexibility index (Phi) is 2.62. The molecule has 0 saturated carbocycles. The molecule has 1 aromatic rings. The molecule has 1 atom stereocenters. The molecule has 0 aromatic heterocycles. The summed E-state index contributed by atoms with van der Waals surface area (Å²) in [5, 5.41) is 0. The molecule has 1 aliphatic heterocycles. The quantitative estimate of drug-likeness (QED) is 0.799.